The van der Waals surface area contributed by atoms with Gasteiger partial charge in [0.05, 0.1) is 17.1 Å². The van der Waals surface area contributed by atoms with Gasteiger partial charge in [0, 0.05) is 22.1 Å². The van der Waals surface area contributed by atoms with Crippen molar-refractivity contribution in [2.24, 2.45) is 0 Å². The molecule has 1 aromatic carbocycles. The maximum atomic E-state index is 4.70. The van der Waals surface area contributed by atoms with Gasteiger partial charge in [0.15, 0.2) is 5.82 Å². The Kier molecular flexibility index (Phi) is 4.68. The van der Waals surface area contributed by atoms with Crippen molar-refractivity contribution in [1.29, 1.82) is 0 Å². The number of rotatable bonds is 6. The second-order valence-corrected chi connectivity index (χ2v) is 7.62. The molecule has 0 spiro atoms. The van der Waals surface area contributed by atoms with Gasteiger partial charge in [0.25, 0.3) is 0 Å². The van der Waals surface area contributed by atoms with Crippen molar-refractivity contribution in [2.45, 2.75) is 11.5 Å². The van der Waals surface area contributed by atoms with Crippen molar-refractivity contribution in [3.8, 4) is 16.3 Å². The average Bonchev–Trinajstić information content (AvgIpc) is 3.37. The third kappa shape index (κ3) is 3.40. The molecule has 5 nitrogen and oxygen atoms in total. The summed E-state index contributed by atoms with van der Waals surface area (Å²) in [6.45, 7) is 0. The number of para-hydroxylation sites is 1. The highest BCUT2D eigenvalue weighted by molar-refractivity contribution is 7.97. The minimum absolute atomic E-state index is 0.743. The van der Waals surface area contributed by atoms with Crippen LogP contribution in [-0.2, 0) is 11.5 Å². The summed E-state index contributed by atoms with van der Waals surface area (Å²) in [5.74, 6) is 2.44. The maximum Gasteiger partial charge on any atom is 0.166 e. The maximum absolute atomic E-state index is 4.70. The van der Waals surface area contributed by atoms with Crippen LogP contribution in [0, 0.1) is 0 Å². The van der Waals surface area contributed by atoms with Crippen molar-refractivity contribution in [3.05, 3.63) is 64.1 Å². The molecule has 0 aliphatic rings. The van der Waals surface area contributed by atoms with Gasteiger partial charge >= 0.3 is 0 Å². The van der Waals surface area contributed by atoms with Crippen LogP contribution in [0.3, 0.4) is 0 Å². The fraction of sp³-hybridized carbons (Fsp3) is 0.125. The minimum atomic E-state index is 0.743. The van der Waals surface area contributed by atoms with Crippen molar-refractivity contribution in [1.82, 2.24) is 25.2 Å². The summed E-state index contributed by atoms with van der Waals surface area (Å²) in [6, 6.07) is 12.0. The zero-order chi connectivity index (χ0) is 16.2. The number of thiazole rings is 1. The molecule has 0 atom stereocenters. The second kappa shape index (κ2) is 7.25. The Balaban J connectivity index is 1.39. The molecule has 0 saturated carbocycles. The Morgan fingerprint density at radius 2 is 1.96 bits per heavy atom. The lowest BCUT2D eigenvalue weighted by Crippen LogP contribution is -2.02. The van der Waals surface area contributed by atoms with Gasteiger partial charge in [-0.1, -0.05) is 18.2 Å². The van der Waals surface area contributed by atoms with Crippen LogP contribution in [0.4, 0.5) is 0 Å². The molecular weight excluding hydrogens is 358 g/mol. The molecular formula is C16H13N5S3. The van der Waals surface area contributed by atoms with E-state index in [0.717, 1.165) is 33.7 Å². The van der Waals surface area contributed by atoms with Gasteiger partial charge in [-0.15, -0.1) is 28.2 Å². The van der Waals surface area contributed by atoms with Crippen molar-refractivity contribution in [2.75, 3.05) is 0 Å². The van der Waals surface area contributed by atoms with E-state index in [0.29, 0.717) is 0 Å². The van der Waals surface area contributed by atoms with Crippen molar-refractivity contribution in [3.63, 3.8) is 0 Å². The predicted molar refractivity (Wildman–Crippen MR) is 99.6 cm³/mol. The topological polar surface area (TPSA) is 56.5 Å². The second-order valence-electron chi connectivity index (χ2n) is 4.99. The number of hydrogen-bond donors (Lipinski definition) is 0. The van der Waals surface area contributed by atoms with Gasteiger partial charge in [0.2, 0.25) is 0 Å². The fourth-order valence-electron chi connectivity index (χ4n) is 2.20. The van der Waals surface area contributed by atoms with E-state index in [9.17, 15) is 0 Å². The van der Waals surface area contributed by atoms with Crippen LogP contribution in [0.5, 0.6) is 0 Å². The molecule has 0 aliphatic carbocycles. The van der Waals surface area contributed by atoms with E-state index in [2.05, 4.69) is 37.7 Å². The average molecular weight is 372 g/mol. The molecule has 3 heterocycles. The monoisotopic (exact) mass is 371 g/mol. The quantitative estimate of drug-likeness (QED) is 0.506. The highest BCUT2D eigenvalue weighted by Gasteiger charge is 2.09. The van der Waals surface area contributed by atoms with Crippen LogP contribution in [0.2, 0.25) is 0 Å². The fourth-order valence-corrected chi connectivity index (χ4v) is 4.66. The normalized spacial score (nSPS) is 11.0. The number of thioether (sulfide) groups is 1. The lowest BCUT2D eigenvalue weighted by atomic mass is 10.3. The lowest BCUT2D eigenvalue weighted by Gasteiger charge is -2.03. The third-order valence-electron chi connectivity index (χ3n) is 3.34. The molecule has 24 heavy (non-hydrogen) atoms. The summed E-state index contributed by atoms with van der Waals surface area (Å²) < 4.78 is 1.78. The first-order chi connectivity index (χ1) is 11.9. The molecule has 0 amide bonds. The molecule has 4 aromatic rings. The molecule has 0 unspecified atom stereocenters. The standard InChI is InChI=1S/C16H13N5S3/c1-2-4-14(5-3-1)21-15(18-19-20-21)11-23-9-13-10-24-16(17-13)12-6-7-22-8-12/h1-8,10H,9,11H2. The molecule has 0 bridgehead atoms. The first-order valence-corrected chi connectivity index (χ1v) is 10.3. The summed E-state index contributed by atoms with van der Waals surface area (Å²) in [5.41, 5.74) is 3.28. The van der Waals surface area contributed by atoms with E-state index in [1.54, 1.807) is 39.1 Å². The highest BCUT2D eigenvalue weighted by Crippen LogP contribution is 2.27. The van der Waals surface area contributed by atoms with Gasteiger partial charge in [-0.2, -0.15) is 16.0 Å². The number of thiophene rings is 1. The van der Waals surface area contributed by atoms with Crippen LogP contribution >= 0.6 is 34.4 Å². The number of benzene rings is 1. The molecule has 0 aliphatic heterocycles. The Bertz CT molecular complexity index is 899. The largest absolute Gasteiger partial charge is 0.240 e. The predicted octanol–water partition coefficient (Wildman–Crippen LogP) is 4.28. The van der Waals surface area contributed by atoms with E-state index in [-0.39, 0.29) is 0 Å². The highest BCUT2D eigenvalue weighted by atomic mass is 32.2. The smallest absolute Gasteiger partial charge is 0.166 e. The Labute approximate surface area is 151 Å². The summed E-state index contributed by atoms with van der Waals surface area (Å²) in [5, 5.41) is 19.4. The zero-order valence-electron chi connectivity index (χ0n) is 12.6. The van der Waals surface area contributed by atoms with E-state index in [4.69, 9.17) is 4.98 Å². The molecule has 3 aromatic heterocycles. The first kappa shape index (κ1) is 15.5. The van der Waals surface area contributed by atoms with Crippen LogP contribution in [0.15, 0.2) is 52.5 Å². The van der Waals surface area contributed by atoms with Crippen LogP contribution in [0.1, 0.15) is 11.5 Å². The summed E-state index contributed by atoms with van der Waals surface area (Å²) in [7, 11) is 0. The van der Waals surface area contributed by atoms with Gasteiger partial charge in [-0.05, 0) is 34.0 Å². The molecule has 0 fully saturated rings. The summed E-state index contributed by atoms with van der Waals surface area (Å²) in [6.07, 6.45) is 0. The SMILES string of the molecule is c1ccc(-n2nnnc2CSCc2csc(-c3ccsc3)n2)cc1. The van der Waals surface area contributed by atoms with Crippen LogP contribution in [0.25, 0.3) is 16.3 Å². The van der Waals surface area contributed by atoms with Crippen molar-refractivity contribution >= 4 is 34.4 Å². The van der Waals surface area contributed by atoms with Crippen LogP contribution < -0.4 is 0 Å². The van der Waals surface area contributed by atoms with E-state index >= 15 is 0 Å². The molecule has 120 valence electrons. The van der Waals surface area contributed by atoms with E-state index < -0.39 is 0 Å². The summed E-state index contributed by atoms with van der Waals surface area (Å²) in [4.78, 5) is 4.70. The number of nitrogens with zero attached hydrogens (tertiary/aromatic N) is 5. The number of hydrogen-bond acceptors (Lipinski definition) is 7. The minimum Gasteiger partial charge on any atom is -0.240 e. The van der Waals surface area contributed by atoms with Crippen LogP contribution in [-0.4, -0.2) is 25.2 Å². The molecule has 0 radical (unpaired) electrons. The van der Waals surface area contributed by atoms with Crippen molar-refractivity contribution < 1.29 is 0 Å². The van der Waals surface area contributed by atoms with Gasteiger partial charge in [-0.3, -0.25) is 0 Å². The van der Waals surface area contributed by atoms with E-state index in [1.165, 1.54) is 5.56 Å². The van der Waals surface area contributed by atoms with Gasteiger partial charge < -0.3 is 0 Å². The van der Waals surface area contributed by atoms with Gasteiger partial charge in [-0.25, -0.2) is 4.98 Å². The lowest BCUT2D eigenvalue weighted by molar-refractivity contribution is 0.777. The van der Waals surface area contributed by atoms with Gasteiger partial charge in [0.1, 0.15) is 5.01 Å². The molecule has 4 rings (SSSR count). The first-order valence-electron chi connectivity index (χ1n) is 7.27. The number of aromatic nitrogens is 5. The molecule has 0 saturated heterocycles. The number of tetrazole rings is 1. The molecule has 8 heteroatoms. The Hall–Kier alpha value is -2.03. The summed E-state index contributed by atoms with van der Waals surface area (Å²) >= 11 is 5.15. The third-order valence-corrected chi connectivity index (χ3v) is 5.92. The van der Waals surface area contributed by atoms with E-state index in [1.807, 2.05) is 30.3 Å². The Morgan fingerprint density at radius 3 is 2.79 bits per heavy atom. The Morgan fingerprint density at radius 1 is 1.04 bits per heavy atom. The zero-order valence-corrected chi connectivity index (χ0v) is 15.0. The molecule has 0 N–H and O–H groups in total.